The molecule has 11 heteroatoms. The van der Waals surface area contributed by atoms with Crippen LogP contribution in [-0.4, -0.2) is 53.2 Å². The van der Waals surface area contributed by atoms with Crippen molar-refractivity contribution < 1.29 is 36.3 Å². The molecule has 0 aliphatic carbocycles. The largest absolute Gasteiger partial charge is 0.461 e. The monoisotopic (exact) mass is 413 g/mol. The van der Waals surface area contributed by atoms with E-state index in [4.69, 9.17) is 5.73 Å². The number of ketones is 1. The van der Waals surface area contributed by atoms with Crippen molar-refractivity contribution in [1.82, 2.24) is 10.2 Å². The summed E-state index contributed by atoms with van der Waals surface area (Å²) >= 11 is 0. The van der Waals surface area contributed by atoms with Crippen molar-refractivity contribution in [2.75, 3.05) is 6.54 Å². The highest BCUT2D eigenvalue weighted by atomic mass is 19.4. The summed E-state index contributed by atoms with van der Waals surface area (Å²) in [6, 6.07) is -3.18. The second kappa shape index (κ2) is 8.44. The smallest absolute Gasteiger partial charge is 0.394 e. The topological polar surface area (TPSA) is 92.5 Å². The molecule has 1 aliphatic rings. The highest BCUT2D eigenvalue weighted by molar-refractivity contribution is 5.99. The lowest BCUT2D eigenvalue weighted by atomic mass is 9.95. The molecule has 28 heavy (non-hydrogen) atoms. The standard InChI is InChI=1S/C17H24F5N3O3/c1-8(2)11(23)15(28)25-7-5-6-10(25)14(27)24-12(9(3)4)13(26)16(18,19)17(20,21)22/h9-10,12H,5-7,23H2,1-4H3,(H,24,27)/t10-,12-/m0/s1. The molecule has 1 aliphatic heterocycles. The minimum atomic E-state index is -6.07. The summed E-state index contributed by atoms with van der Waals surface area (Å²) < 4.78 is 64.5. The van der Waals surface area contributed by atoms with Crippen LogP contribution in [0.2, 0.25) is 0 Å². The summed E-state index contributed by atoms with van der Waals surface area (Å²) in [7, 11) is 0. The van der Waals surface area contributed by atoms with Crippen LogP contribution in [0.1, 0.15) is 40.5 Å². The van der Waals surface area contributed by atoms with Crippen LogP contribution >= 0.6 is 0 Å². The van der Waals surface area contributed by atoms with Gasteiger partial charge >= 0.3 is 12.1 Å². The molecule has 1 heterocycles. The van der Waals surface area contributed by atoms with Crippen LogP contribution < -0.4 is 11.1 Å². The lowest BCUT2D eigenvalue weighted by Gasteiger charge is -2.30. The van der Waals surface area contributed by atoms with Crippen LogP contribution in [0.25, 0.3) is 0 Å². The number of nitrogens with two attached hydrogens (primary N) is 1. The first-order valence-corrected chi connectivity index (χ1v) is 8.66. The number of Topliss-reactive ketones (excluding diaryl/α,β-unsaturated/α-hetero) is 1. The number of carbonyl (C=O) groups excluding carboxylic acids is 3. The minimum Gasteiger partial charge on any atom is -0.394 e. The second-order valence-corrected chi connectivity index (χ2v) is 7.24. The highest BCUT2D eigenvalue weighted by Crippen LogP contribution is 2.37. The summed E-state index contributed by atoms with van der Waals surface area (Å²) in [5, 5.41) is 1.97. The SMILES string of the molecule is CC(C)=C(N)C(=O)N1CCC[C@H]1C(=O)N[C@H](C(=O)C(F)(F)C(F)(F)F)C(C)C. The first-order valence-electron chi connectivity index (χ1n) is 8.66. The van der Waals surface area contributed by atoms with Crippen molar-refractivity contribution in [3.63, 3.8) is 0 Å². The van der Waals surface area contributed by atoms with E-state index in [1.165, 1.54) is 13.8 Å². The van der Waals surface area contributed by atoms with E-state index in [9.17, 15) is 36.3 Å². The lowest BCUT2D eigenvalue weighted by molar-refractivity contribution is -0.270. The number of rotatable bonds is 6. The third kappa shape index (κ3) is 4.79. The number of amides is 2. The summed E-state index contributed by atoms with van der Waals surface area (Å²) in [5.74, 6) is -10.7. The fourth-order valence-electron chi connectivity index (χ4n) is 2.77. The van der Waals surface area contributed by atoms with Crippen LogP contribution in [0, 0.1) is 5.92 Å². The molecule has 0 aromatic heterocycles. The number of halogens is 5. The van der Waals surface area contributed by atoms with E-state index in [2.05, 4.69) is 0 Å². The molecule has 0 bridgehead atoms. The molecule has 2 amide bonds. The Hall–Kier alpha value is -2.20. The molecule has 0 aromatic carbocycles. The number of hydrogen-bond acceptors (Lipinski definition) is 4. The Bertz CT molecular complexity index is 669. The van der Waals surface area contributed by atoms with Crippen molar-refractivity contribution >= 4 is 17.6 Å². The maximum absolute atomic E-state index is 13.4. The zero-order valence-electron chi connectivity index (χ0n) is 16.0. The minimum absolute atomic E-state index is 0.0835. The van der Waals surface area contributed by atoms with Gasteiger partial charge in [0.15, 0.2) is 0 Å². The van der Waals surface area contributed by atoms with Crippen molar-refractivity contribution in [2.45, 2.75) is 64.7 Å². The zero-order valence-corrected chi connectivity index (χ0v) is 16.0. The Morgan fingerprint density at radius 3 is 2.07 bits per heavy atom. The fraction of sp³-hybridized carbons (Fsp3) is 0.706. The molecule has 1 fully saturated rings. The zero-order chi connectivity index (χ0) is 22.0. The van der Waals surface area contributed by atoms with Gasteiger partial charge in [0.2, 0.25) is 11.7 Å². The number of carbonyl (C=O) groups is 3. The highest BCUT2D eigenvalue weighted by Gasteiger charge is 2.64. The summed E-state index contributed by atoms with van der Waals surface area (Å²) in [4.78, 5) is 37.8. The first-order chi connectivity index (χ1) is 12.6. The molecule has 160 valence electrons. The normalized spacial score (nSPS) is 18.8. The third-order valence-corrected chi connectivity index (χ3v) is 4.50. The Labute approximate surface area is 159 Å². The van der Waals surface area contributed by atoms with Crippen molar-refractivity contribution in [2.24, 2.45) is 11.7 Å². The molecule has 3 N–H and O–H groups in total. The van der Waals surface area contributed by atoms with Gasteiger partial charge in [-0.05, 0) is 38.2 Å². The maximum atomic E-state index is 13.4. The quantitative estimate of drug-likeness (QED) is 0.516. The van der Waals surface area contributed by atoms with E-state index >= 15 is 0 Å². The number of alkyl halides is 5. The molecule has 0 radical (unpaired) electrons. The molecule has 1 rings (SSSR count). The summed E-state index contributed by atoms with van der Waals surface area (Å²) in [6.45, 7) is 5.81. The van der Waals surface area contributed by atoms with Crippen molar-refractivity contribution in [3.05, 3.63) is 11.3 Å². The average Bonchev–Trinajstić information content (AvgIpc) is 3.05. The van der Waals surface area contributed by atoms with Crippen molar-refractivity contribution in [1.29, 1.82) is 0 Å². The predicted molar refractivity (Wildman–Crippen MR) is 90.1 cm³/mol. The Morgan fingerprint density at radius 2 is 1.64 bits per heavy atom. The molecule has 6 nitrogen and oxygen atoms in total. The van der Waals surface area contributed by atoms with E-state index in [-0.39, 0.29) is 18.7 Å². The summed E-state index contributed by atoms with van der Waals surface area (Å²) in [6.07, 6.45) is -5.49. The van der Waals surface area contributed by atoms with Gasteiger partial charge in [-0.3, -0.25) is 14.4 Å². The molecule has 0 saturated carbocycles. The Kier molecular flexibility index (Phi) is 7.18. The van der Waals surface area contributed by atoms with E-state index in [0.717, 1.165) is 4.90 Å². The predicted octanol–water partition coefficient (Wildman–Crippen LogP) is 2.14. The number of nitrogens with one attached hydrogen (secondary N) is 1. The van der Waals surface area contributed by atoms with E-state index < -0.39 is 47.7 Å². The van der Waals surface area contributed by atoms with Gasteiger partial charge in [-0.1, -0.05) is 13.8 Å². The van der Waals surface area contributed by atoms with Gasteiger partial charge < -0.3 is 16.0 Å². The van der Waals surface area contributed by atoms with Gasteiger partial charge in [0.1, 0.15) is 6.04 Å². The second-order valence-electron chi connectivity index (χ2n) is 7.24. The van der Waals surface area contributed by atoms with Crippen LogP contribution in [0.15, 0.2) is 11.3 Å². The Morgan fingerprint density at radius 1 is 1.11 bits per heavy atom. The molecular formula is C17H24F5N3O3. The Balaban J connectivity index is 3.06. The maximum Gasteiger partial charge on any atom is 0.461 e. The van der Waals surface area contributed by atoms with Crippen molar-refractivity contribution in [3.8, 4) is 0 Å². The van der Waals surface area contributed by atoms with Crippen LogP contribution in [0.4, 0.5) is 22.0 Å². The van der Waals surface area contributed by atoms with Crippen LogP contribution in [0.3, 0.4) is 0 Å². The van der Waals surface area contributed by atoms with E-state index in [1.807, 2.05) is 5.32 Å². The van der Waals surface area contributed by atoms with Gasteiger partial charge in [-0.25, -0.2) is 0 Å². The molecule has 0 spiro atoms. The van der Waals surface area contributed by atoms with Gasteiger partial charge in [-0.15, -0.1) is 0 Å². The first kappa shape index (κ1) is 23.8. The van der Waals surface area contributed by atoms with E-state index in [0.29, 0.717) is 12.0 Å². The van der Waals surface area contributed by atoms with Gasteiger partial charge in [0.05, 0.1) is 11.7 Å². The lowest BCUT2D eigenvalue weighted by Crippen LogP contribution is -2.58. The number of allylic oxidation sites excluding steroid dienone is 1. The van der Waals surface area contributed by atoms with Gasteiger partial charge in [0, 0.05) is 6.54 Å². The number of nitrogens with zero attached hydrogens (tertiary/aromatic N) is 1. The van der Waals surface area contributed by atoms with Crippen LogP contribution in [0.5, 0.6) is 0 Å². The third-order valence-electron chi connectivity index (χ3n) is 4.50. The average molecular weight is 413 g/mol. The summed E-state index contributed by atoms with van der Waals surface area (Å²) in [5.41, 5.74) is 6.11. The van der Waals surface area contributed by atoms with Gasteiger partial charge in [0.25, 0.3) is 5.91 Å². The molecule has 0 aromatic rings. The fourth-order valence-corrected chi connectivity index (χ4v) is 2.77. The van der Waals surface area contributed by atoms with Gasteiger partial charge in [-0.2, -0.15) is 22.0 Å². The van der Waals surface area contributed by atoms with E-state index in [1.54, 1.807) is 13.8 Å². The molecule has 1 saturated heterocycles. The number of hydrogen-bond donors (Lipinski definition) is 2. The van der Waals surface area contributed by atoms with Crippen LogP contribution in [-0.2, 0) is 14.4 Å². The number of likely N-dealkylation sites (tertiary alicyclic amines) is 1. The molecule has 2 atom stereocenters. The molecule has 0 unspecified atom stereocenters. The molecular weight excluding hydrogens is 389 g/mol.